The molecule has 1 aromatic rings. The van der Waals surface area contributed by atoms with E-state index in [-0.39, 0.29) is 0 Å². The van der Waals surface area contributed by atoms with Gasteiger partial charge in [-0.15, -0.1) is 0 Å². The Kier molecular flexibility index (Phi) is 5.47. The number of hydrogen-bond donors (Lipinski definition) is 2. The number of sulfonamides is 1. The third-order valence-corrected chi connectivity index (χ3v) is 4.41. The molecule has 0 amide bonds. The van der Waals surface area contributed by atoms with Gasteiger partial charge in [-0.25, -0.2) is 8.42 Å². The van der Waals surface area contributed by atoms with Gasteiger partial charge in [-0.05, 0) is 50.6 Å². The second-order valence-electron chi connectivity index (χ2n) is 5.66. The lowest BCUT2D eigenvalue weighted by Gasteiger charge is -2.19. The Morgan fingerprint density at radius 1 is 1.24 bits per heavy atom. The summed E-state index contributed by atoms with van der Waals surface area (Å²) >= 11 is 0. The molecule has 21 heavy (non-hydrogen) atoms. The second-order valence-corrected chi connectivity index (χ2v) is 7.41. The topological polar surface area (TPSA) is 61.4 Å². The average molecular weight is 311 g/mol. The fourth-order valence-electron chi connectivity index (χ4n) is 2.74. The van der Waals surface area contributed by atoms with E-state index < -0.39 is 10.0 Å². The molecule has 118 valence electrons. The highest BCUT2D eigenvalue weighted by Gasteiger charge is 2.15. The normalized spacial score (nSPS) is 20.8. The highest BCUT2D eigenvalue weighted by atomic mass is 32.2. The van der Waals surface area contributed by atoms with Crippen LogP contribution < -0.4 is 10.0 Å². The minimum Gasteiger partial charge on any atom is -0.382 e. The Morgan fingerprint density at radius 3 is 2.71 bits per heavy atom. The van der Waals surface area contributed by atoms with Gasteiger partial charge in [0.25, 0.3) is 0 Å². The minimum atomic E-state index is -3.23. The molecule has 2 rings (SSSR count). The van der Waals surface area contributed by atoms with Gasteiger partial charge in [0.15, 0.2) is 0 Å². The lowest BCUT2D eigenvalue weighted by atomic mass is 10.1. The van der Waals surface area contributed by atoms with Gasteiger partial charge in [0.05, 0.1) is 11.9 Å². The van der Waals surface area contributed by atoms with Crippen LogP contribution in [0.4, 0.5) is 11.4 Å². The van der Waals surface area contributed by atoms with E-state index in [4.69, 9.17) is 0 Å². The Hall–Kier alpha value is -1.27. The molecule has 0 spiro atoms. The van der Waals surface area contributed by atoms with Crippen molar-refractivity contribution in [1.29, 1.82) is 0 Å². The van der Waals surface area contributed by atoms with Crippen molar-refractivity contribution < 1.29 is 8.42 Å². The Morgan fingerprint density at radius 2 is 2.00 bits per heavy atom. The van der Waals surface area contributed by atoms with E-state index in [1.165, 1.54) is 13.0 Å². The van der Waals surface area contributed by atoms with Crippen molar-refractivity contribution in [2.75, 3.05) is 35.9 Å². The highest BCUT2D eigenvalue weighted by Crippen LogP contribution is 2.20. The summed E-state index contributed by atoms with van der Waals surface area (Å²) in [6.45, 7) is 5.61. The summed E-state index contributed by atoms with van der Waals surface area (Å²) in [6, 6.07) is 7.91. The van der Waals surface area contributed by atoms with E-state index in [0.29, 0.717) is 11.7 Å². The Balaban J connectivity index is 1.98. The van der Waals surface area contributed by atoms with Gasteiger partial charge >= 0.3 is 0 Å². The Labute approximate surface area is 127 Å². The van der Waals surface area contributed by atoms with Gasteiger partial charge in [-0.3, -0.25) is 4.72 Å². The smallest absolute Gasteiger partial charge is 0.229 e. The lowest BCUT2D eigenvalue weighted by Crippen LogP contribution is -2.26. The number of rotatable bonds is 5. The minimum absolute atomic E-state index is 0.454. The van der Waals surface area contributed by atoms with E-state index in [9.17, 15) is 8.42 Å². The summed E-state index contributed by atoms with van der Waals surface area (Å²) in [5.41, 5.74) is 1.57. The van der Waals surface area contributed by atoms with Crippen LogP contribution in [0.1, 0.15) is 26.2 Å². The highest BCUT2D eigenvalue weighted by molar-refractivity contribution is 7.92. The molecule has 0 saturated carbocycles. The molecule has 0 aromatic heterocycles. The number of hydrogen-bond acceptors (Lipinski definition) is 4. The van der Waals surface area contributed by atoms with E-state index in [1.54, 1.807) is 6.07 Å². The van der Waals surface area contributed by atoms with Crippen molar-refractivity contribution >= 4 is 21.4 Å². The lowest BCUT2D eigenvalue weighted by molar-refractivity contribution is 0.300. The van der Waals surface area contributed by atoms with Gasteiger partial charge < -0.3 is 10.2 Å². The predicted octanol–water partition coefficient (Wildman–Crippen LogP) is 2.34. The average Bonchev–Trinajstić information content (AvgIpc) is 2.62. The maximum atomic E-state index is 11.3. The summed E-state index contributed by atoms with van der Waals surface area (Å²) < 4.78 is 25.1. The number of nitrogens with one attached hydrogen (secondary N) is 2. The van der Waals surface area contributed by atoms with Crippen molar-refractivity contribution in [2.24, 2.45) is 0 Å². The van der Waals surface area contributed by atoms with Crippen molar-refractivity contribution in [1.82, 2.24) is 4.90 Å². The molecule has 1 aliphatic heterocycles. The number of likely N-dealkylation sites (tertiary alicyclic amines) is 1. The zero-order chi connectivity index (χ0) is 15.3. The van der Waals surface area contributed by atoms with Crippen LogP contribution in [0, 0.1) is 0 Å². The van der Waals surface area contributed by atoms with Gasteiger partial charge in [-0.2, -0.15) is 0 Å². The van der Waals surface area contributed by atoms with E-state index >= 15 is 0 Å². The maximum Gasteiger partial charge on any atom is 0.229 e. The Bertz CT molecular complexity index is 560. The van der Waals surface area contributed by atoms with Crippen LogP contribution in [-0.2, 0) is 10.0 Å². The van der Waals surface area contributed by atoms with Crippen molar-refractivity contribution in [3.63, 3.8) is 0 Å². The van der Waals surface area contributed by atoms with Crippen LogP contribution in [0.25, 0.3) is 0 Å². The van der Waals surface area contributed by atoms with Gasteiger partial charge in [0.1, 0.15) is 0 Å². The third kappa shape index (κ3) is 5.55. The quantitative estimate of drug-likeness (QED) is 0.876. The molecule has 1 aromatic carbocycles. The number of benzene rings is 1. The molecular formula is C15H25N3O2S. The third-order valence-electron chi connectivity index (χ3n) is 3.80. The summed E-state index contributed by atoms with van der Waals surface area (Å²) in [4.78, 5) is 2.48. The SMILES string of the molecule is CCN1CCCC(Nc2cccc(NS(C)(=O)=O)c2)CC1. The van der Waals surface area contributed by atoms with Crippen LogP contribution in [0.3, 0.4) is 0 Å². The van der Waals surface area contributed by atoms with Gasteiger partial charge in [0, 0.05) is 18.3 Å². The van der Waals surface area contributed by atoms with E-state index in [2.05, 4.69) is 21.9 Å². The summed E-state index contributed by atoms with van der Waals surface area (Å²) in [5, 5.41) is 3.53. The molecule has 5 nitrogen and oxygen atoms in total. The monoisotopic (exact) mass is 311 g/mol. The molecule has 2 N–H and O–H groups in total. The van der Waals surface area contributed by atoms with Crippen LogP contribution in [-0.4, -0.2) is 45.2 Å². The van der Waals surface area contributed by atoms with Gasteiger partial charge in [0.2, 0.25) is 10.0 Å². The summed E-state index contributed by atoms with van der Waals surface area (Å²) in [6.07, 6.45) is 4.64. The molecule has 1 heterocycles. The molecule has 0 bridgehead atoms. The number of anilines is 2. The summed E-state index contributed by atoms with van der Waals surface area (Å²) in [5.74, 6) is 0. The predicted molar refractivity (Wildman–Crippen MR) is 88.3 cm³/mol. The maximum absolute atomic E-state index is 11.3. The second kappa shape index (κ2) is 7.13. The molecule has 1 aliphatic rings. The zero-order valence-electron chi connectivity index (χ0n) is 12.8. The van der Waals surface area contributed by atoms with Crippen molar-refractivity contribution in [2.45, 2.75) is 32.2 Å². The van der Waals surface area contributed by atoms with Crippen LogP contribution in [0.5, 0.6) is 0 Å². The van der Waals surface area contributed by atoms with E-state index in [1.807, 2.05) is 18.2 Å². The molecule has 0 aliphatic carbocycles. The molecule has 1 unspecified atom stereocenters. The first-order valence-corrected chi connectivity index (χ1v) is 9.42. The van der Waals surface area contributed by atoms with Gasteiger partial charge in [-0.1, -0.05) is 13.0 Å². The first-order chi connectivity index (χ1) is 9.96. The molecule has 1 saturated heterocycles. The molecule has 0 radical (unpaired) electrons. The summed E-state index contributed by atoms with van der Waals surface area (Å²) in [7, 11) is -3.23. The first kappa shape index (κ1) is 16.1. The largest absolute Gasteiger partial charge is 0.382 e. The van der Waals surface area contributed by atoms with E-state index in [0.717, 1.165) is 37.9 Å². The van der Waals surface area contributed by atoms with Crippen molar-refractivity contribution in [3.8, 4) is 0 Å². The number of nitrogens with zero attached hydrogens (tertiary/aromatic N) is 1. The van der Waals surface area contributed by atoms with Crippen LogP contribution >= 0.6 is 0 Å². The molecular weight excluding hydrogens is 286 g/mol. The van der Waals surface area contributed by atoms with Crippen LogP contribution in [0.2, 0.25) is 0 Å². The molecule has 1 fully saturated rings. The first-order valence-electron chi connectivity index (χ1n) is 7.53. The fourth-order valence-corrected chi connectivity index (χ4v) is 3.29. The molecule has 6 heteroatoms. The standard InChI is InChI=1S/C15H25N3O2S/c1-3-18-10-5-8-13(9-11-18)16-14-6-4-7-15(12-14)17-21(2,19)20/h4,6-7,12-13,16-17H,3,5,8-11H2,1-2H3. The molecule has 1 atom stereocenters. The fraction of sp³-hybridized carbons (Fsp3) is 0.600. The zero-order valence-corrected chi connectivity index (χ0v) is 13.6. The van der Waals surface area contributed by atoms with Crippen molar-refractivity contribution in [3.05, 3.63) is 24.3 Å². The van der Waals surface area contributed by atoms with Crippen LogP contribution in [0.15, 0.2) is 24.3 Å².